The van der Waals surface area contributed by atoms with Gasteiger partial charge < -0.3 is 15.0 Å². The first kappa shape index (κ1) is 22.8. The standard InChI is InChI=1S/C26H25F2N5O2/c1-16-13-25(33-24(29-16)15-23(31-33)17-3-6-20(35-2)7-4-17)32-11-9-18(10-12-32)26(34)30-19-5-8-21(27)22(28)14-19/h3-8,13-15,18H,9-12H2,1-2H3,(H,30,34). The Hall–Kier alpha value is -4.01. The van der Waals surface area contributed by atoms with E-state index in [0.717, 1.165) is 46.3 Å². The third-order valence-electron chi connectivity index (χ3n) is 6.30. The van der Waals surface area contributed by atoms with Crippen LogP contribution in [0.3, 0.4) is 0 Å². The number of aryl methyl sites for hydroxylation is 1. The summed E-state index contributed by atoms with van der Waals surface area (Å²) in [6.07, 6.45) is 1.26. The van der Waals surface area contributed by atoms with Gasteiger partial charge in [-0.2, -0.15) is 9.61 Å². The highest BCUT2D eigenvalue weighted by atomic mass is 19.2. The van der Waals surface area contributed by atoms with E-state index in [0.29, 0.717) is 25.9 Å². The lowest BCUT2D eigenvalue weighted by Crippen LogP contribution is -2.39. The van der Waals surface area contributed by atoms with Crippen molar-refractivity contribution in [3.8, 4) is 17.0 Å². The van der Waals surface area contributed by atoms with Crippen LogP contribution in [0.2, 0.25) is 0 Å². The van der Waals surface area contributed by atoms with E-state index in [1.807, 2.05) is 47.8 Å². The van der Waals surface area contributed by atoms with Crippen LogP contribution in [0.4, 0.5) is 20.3 Å². The minimum absolute atomic E-state index is 0.187. The highest BCUT2D eigenvalue weighted by molar-refractivity contribution is 5.92. The number of amides is 1. The van der Waals surface area contributed by atoms with Crippen LogP contribution in [0.1, 0.15) is 18.5 Å². The van der Waals surface area contributed by atoms with Crippen molar-refractivity contribution in [3.05, 3.63) is 71.9 Å². The normalized spacial score (nSPS) is 14.3. The number of fused-ring (bicyclic) bond motifs is 1. The van der Waals surface area contributed by atoms with Gasteiger partial charge in [0.05, 0.1) is 12.8 Å². The van der Waals surface area contributed by atoms with Gasteiger partial charge in [0.15, 0.2) is 17.3 Å². The molecule has 0 atom stereocenters. The Balaban J connectivity index is 1.32. The van der Waals surface area contributed by atoms with E-state index in [9.17, 15) is 13.6 Å². The van der Waals surface area contributed by atoms with Crippen LogP contribution in [0.5, 0.6) is 5.75 Å². The molecular formula is C26H25F2N5O2. The Morgan fingerprint density at radius 1 is 1.03 bits per heavy atom. The number of benzene rings is 2. The van der Waals surface area contributed by atoms with Crippen LogP contribution in [0.15, 0.2) is 54.6 Å². The lowest BCUT2D eigenvalue weighted by atomic mass is 9.95. The Labute approximate surface area is 201 Å². The van der Waals surface area contributed by atoms with Gasteiger partial charge in [0.1, 0.15) is 11.6 Å². The first-order valence-electron chi connectivity index (χ1n) is 11.4. The molecule has 1 fully saturated rings. The molecule has 9 heteroatoms. The second-order valence-corrected chi connectivity index (χ2v) is 8.66. The first-order valence-corrected chi connectivity index (χ1v) is 11.4. The number of hydrogen-bond donors (Lipinski definition) is 1. The second kappa shape index (κ2) is 9.32. The number of hydrogen-bond acceptors (Lipinski definition) is 5. The molecule has 5 rings (SSSR count). The van der Waals surface area contributed by atoms with Crippen LogP contribution in [-0.4, -0.2) is 40.7 Å². The van der Waals surface area contributed by atoms with Crippen LogP contribution < -0.4 is 15.0 Å². The van der Waals surface area contributed by atoms with Crippen LogP contribution >= 0.6 is 0 Å². The van der Waals surface area contributed by atoms with Gasteiger partial charge in [0.2, 0.25) is 5.91 Å². The predicted molar refractivity (Wildman–Crippen MR) is 130 cm³/mol. The van der Waals surface area contributed by atoms with E-state index in [-0.39, 0.29) is 17.5 Å². The zero-order chi connectivity index (χ0) is 24.5. The molecule has 2 aromatic heterocycles. The van der Waals surface area contributed by atoms with Gasteiger partial charge in [-0.1, -0.05) is 0 Å². The summed E-state index contributed by atoms with van der Waals surface area (Å²) in [5.74, 6) is -0.625. The van der Waals surface area contributed by atoms with E-state index in [1.165, 1.54) is 6.07 Å². The number of piperidine rings is 1. The minimum Gasteiger partial charge on any atom is -0.497 e. The number of nitrogens with zero attached hydrogens (tertiary/aromatic N) is 4. The summed E-state index contributed by atoms with van der Waals surface area (Å²) < 4.78 is 33.7. The van der Waals surface area contributed by atoms with Gasteiger partial charge in [-0.15, -0.1) is 0 Å². The Bertz CT molecular complexity index is 1380. The lowest BCUT2D eigenvalue weighted by Gasteiger charge is -2.33. The van der Waals surface area contributed by atoms with Crippen LogP contribution in [0.25, 0.3) is 16.9 Å². The molecule has 4 aromatic rings. The van der Waals surface area contributed by atoms with Gasteiger partial charge in [-0.3, -0.25) is 4.79 Å². The van der Waals surface area contributed by atoms with Crippen LogP contribution in [-0.2, 0) is 4.79 Å². The largest absolute Gasteiger partial charge is 0.497 e. The fraction of sp³-hybridized carbons (Fsp3) is 0.269. The first-order chi connectivity index (χ1) is 16.9. The number of anilines is 2. The van der Waals surface area contributed by atoms with Crippen LogP contribution in [0, 0.1) is 24.5 Å². The molecule has 0 radical (unpaired) electrons. The molecule has 3 heterocycles. The SMILES string of the molecule is COc1ccc(-c2cc3nc(C)cc(N4CCC(C(=O)Nc5ccc(F)c(F)c5)CC4)n3n2)cc1. The molecule has 0 unspecified atom stereocenters. The van der Waals surface area contributed by atoms with Crippen molar-refractivity contribution in [3.63, 3.8) is 0 Å². The molecule has 7 nitrogen and oxygen atoms in total. The zero-order valence-electron chi connectivity index (χ0n) is 19.5. The maximum atomic E-state index is 13.5. The van der Waals surface area contributed by atoms with Crippen molar-refractivity contribution < 1.29 is 18.3 Å². The fourth-order valence-electron chi connectivity index (χ4n) is 4.40. The fourth-order valence-corrected chi connectivity index (χ4v) is 4.40. The topological polar surface area (TPSA) is 71.8 Å². The van der Waals surface area contributed by atoms with Gasteiger partial charge >= 0.3 is 0 Å². The Kier molecular flexibility index (Phi) is 6.07. The lowest BCUT2D eigenvalue weighted by molar-refractivity contribution is -0.120. The van der Waals surface area contributed by atoms with Crippen molar-refractivity contribution in [2.24, 2.45) is 5.92 Å². The molecule has 0 spiro atoms. The van der Waals surface area contributed by atoms with Crippen molar-refractivity contribution >= 4 is 23.1 Å². The maximum absolute atomic E-state index is 13.5. The summed E-state index contributed by atoms with van der Waals surface area (Å²) in [5.41, 5.74) is 3.67. The summed E-state index contributed by atoms with van der Waals surface area (Å²) in [4.78, 5) is 19.5. The molecule has 0 saturated carbocycles. The minimum atomic E-state index is -0.983. The maximum Gasteiger partial charge on any atom is 0.227 e. The number of carbonyl (C=O) groups is 1. The highest BCUT2D eigenvalue weighted by Crippen LogP contribution is 2.28. The van der Waals surface area contributed by atoms with Crippen molar-refractivity contribution in [1.29, 1.82) is 0 Å². The van der Waals surface area contributed by atoms with E-state index >= 15 is 0 Å². The molecule has 1 saturated heterocycles. The molecule has 1 aliphatic rings. The number of nitrogens with one attached hydrogen (secondary N) is 1. The summed E-state index contributed by atoms with van der Waals surface area (Å²) in [6, 6.07) is 15.0. The highest BCUT2D eigenvalue weighted by Gasteiger charge is 2.27. The molecular weight excluding hydrogens is 452 g/mol. The molecule has 1 aliphatic heterocycles. The second-order valence-electron chi connectivity index (χ2n) is 8.66. The number of rotatable bonds is 5. The Morgan fingerprint density at radius 2 is 1.77 bits per heavy atom. The van der Waals surface area contributed by atoms with E-state index in [2.05, 4.69) is 15.2 Å². The number of halogens is 2. The van der Waals surface area contributed by atoms with E-state index < -0.39 is 11.6 Å². The molecule has 1 N–H and O–H groups in total. The van der Waals surface area contributed by atoms with Gasteiger partial charge in [-0.25, -0.2) is 13.8 Å². The number of aromatic nitrogens is 3. The van der Waals surface area contributed by atoms with Gasteiger partial charge in [0.25, 0.3) is 0 Å². The smallest absolute Gasteiger partial charge is 0.227 e. The summed E-state index contributed by atoms with van der Waals surface area (Å²) >= 11 is 0. The van der Waals surface area contributed by atoms with E-state index in [4.69, 9.17) is 9.84 Å². The average molecular weight is 478 g/mol. The third-order valence-corrected chi connectivity index (χ3v) is 6.30. The molecule has 0 aliphatic carbocycles. The molecule has 0 bridgehead atoms. The molecule has 35 heavy (non-hydrogen) atoms. The number of ether oxygens (including phenoxy) is 1. The molecule has 1 amide bonds. The van der Waals surface area contributed by atoms with Gasteiger partial charge in [0, 0.05) is 54.2 Å². The average Bonchev–Trinajstić information content (AvgIpc) is 3.30. The summed E-state index contributed by atoms with van der Waals surface area (Å²) in [7, 11) is 1.63. The van der Waals surface area contributed by atoms with Gasteiger partial charge in [-0.05, 0) is 56.2 Å². The van der Waals surface area contributed by atoms with E-state index in [1.54, 1.807) is 7.11 Å². The quantitative estimate of drug-likeness (QED) is 0.445. The predicted octanol–water partition coefficient (Wildman–Crippen LogP) is 4.85. The van der Waals surface area contributed by atoms with Crippen molar-refractivity contribution in [1.82, 2.24) is 14.6 Å². The van der Waals surface area contributed by atoms with Crippen molar-refractivity contribution in [2.45, 2.75) is 19.8 Å². The number of methoxy groups -OCH3 is 1. The molecule has 180 valence electrons. The van der Waals surface area contributed by atoms with Crippen molar-refractivity contribution in [2.75, 3.05) is 30.4 Å². The zero-order valence-corrected chi connectivity index (χ0v) is 19.5. The summed E-state index contributed by atoms with van der Waals surface area (Å²) in [6.45, 7) is 3.27. The Morgan fingerprint density at radius 3 is 2.46 bits per heavy atom. The number of carbonyl (C=O) groups excluding carboxylic acids is 1. The summed E-state index contributed by atoms with van der Waals surface area (Å²) in [5, 5.41) is 7.51. The molecule has 2 aromatic carbocycles. The monoisotopic (exact) mass is 477 g/mol. The third kappa shape index (κ3) is 4.66.